The van der Waals surface area contributed by atoms with Gasteiger partial charge in [-0.2, -0.15) is 0 Å². The van der Waals surface area contributed by atoms with Crippen LogP contribution in [-0.4, -0.2) is 9.97 Å². The molecule has 0 aliphatic carbocycles. The molecule has 3 nitrogen and oxygen atoms in total. The molecule has 0 aliphatic rings. The van der Waals surface area contributed by atoms with Crippen molar-refractivity contribution < 1.29 is 0 Å². The molecule has 4 aromatic rings. The van der Waals surface area contributed by atoms with Crippen molar-refractivity contribution in [2.24, 2.45) is 0 Å². The van der Waals surface area contributed by atoms with Gasteiger partial charge in [0, 0.05) is 17.1 Å². The first-order valence-corrected chi connectivity index (χ1v) is 9.49. The number of nitrogens with zero attached hydrogens (tertiary/aromatic N) is 2. The van der Waals surface area contributed by atoms with E-state index in [9.17, 15) is 0 Å². The van der Waals surface area contributed by atoms with Crippen LogP contribution in [0.5, 0.6) is 0 Å². The largest absolute Gasteiger partial charge is 0.384 e. The van der Waals surface area contributed by atoms with Crippen LogP contribution in [0.3, 0.4) is 0 Å². The van der Waals surface area contributed by atoms with E-state index in [0.717, 1.165) is 33.3 Å². The van der Waals surface area contributed by atoms with Gasteiger partial charge in [0.25, 0.3) is 0 Å². The Morgan fingerprint density at radius 3 is 1.85 bits per heavy atom. The third-order valence-corrected chi connectivity index (χ3v) is 3.88. The molecule has 0 saturated heterocycles. The van der Waals surface area contributed by atoms with E-state index in [1.54, 1.807) is 0 Å². The van der Waals surface area contributed by atoms with Gasteiger partial charge in [-0.1, -0.05) is 88.4 Å². The molecule has 0 saturated carbocycles. The van der Waals surface area contributed by atoms with Gasteiger partial charge < -0.3 is 5.73 Å². The number of nitrogen functional groups attached to an aromatic ring is 1. The Morgan fingerprint density at radius 2 is 1.26 bits per heavy atom. The normalized spacial score (nSPS) is 9.63. The number of nitrogens with two attached hydrogens (primary N) is 1. The van der Waals surface area contributed by atoms with Gasteiger partial charge in [-0.3, -0.25) is 4.98 Å². The van der Waals surface area contributed by atoms with E-state index in [4.69, 9.17) is 5.73 Å². The molecule has 27 heavy (non-hydrogen) atoms. The molecule has 3 heteroatoms. The number of rotatable bonds is 2. The quantitative estimate of drug-likeness (QED) is 0.440. The lowest BCUT2D eigenvalue weighted by molar-refractivity contribution is 1.31. The highest BCUT2D eigenvalue weighted by Gasteiger charge is 2.12. The van der Waals surface area contributed by atoms with Crippen LogP contribution in [0.4, 0.5) is 5.82 Å². The third-order valence-electron chi connectivity index (χ3n) is 3.88. The van der Waals surface area contributed by atoms with Gasteiger partial charge >= 0.3 is 0 Å². The molecule has 4 rings (SSSR count). The Kier molecular flexibility index (Phi) is 7.50. The van der Waals surface area contributed by atoms with Crippen LogP contribution in [-0.2, 0) is 0 Å². The predicted octanol–water partition coefficient (Wildman–Crippen LogP) is 6.60. The van der Waals surface area contributed by atoms with Crippen molar-refractivity contribution >= 4 is 16.7 Å². The Hall–Kier alpha value is -3.20. The lowest BCUT2D eigenvalue weighted by Crippen LogP contribution is -1.96. The molecule has 0 amide bonds. The molecular formula is C24H27N3. The van der Waals surface area contributed by atoms with Crippen LogP contribution in [0.2, 0.25) is 0 Å². The monoisotopic (exact) mass is 357 g/mol. The zero-order valence-electron chi connectivity index (χ0n) is 16.5. The highest BCUT2D eigenvalue weighted by Crippen LogP contribution is 2.33. The lowest BCUT2D eigenvalue weighted by Gasteiger charge is -2.11. The van der Waals surface area contributed by atoms with Crippen LogP contribution in [0.1, 0.15) is 27.7 Å². The fourth-order valence-corrected chi connectivity index (χ4v) is 2.84. The van der Waals surface area contributed by atoms with Crippen molar-refractivity contribution in [2.45, 2.75) is 27.7 Å². The second-order valence-electron chi connectivity index (χ2n) is 5.38. The van der Waals surface area contributed by atoms with Crippen LogP contribution < -0.4 is 5.73 Å². The molecule has 0 bridgehead atoms. The molecule has 0 fully saturated rings. The van der Waals surface area contributed by atoms with Gasteiger partial charge in [0.1, 0.15) is 5.82 Å². The fraction of sp³-hybridized carbons (Fsp3) is 0.167. The van der Waals surface area contributed by atoms with Crippen molar-refractivity contribution in [1.29, 1.82) is 0 Å². The van der Waals surface area contributed by atoms with Crippen molar-refractivity contribution in [3.05, 3.63) is 79.0 Å². The minimum atomic E-state index is 0.501. The first-order chi connectivity index (χ1) is 13.3. The van der Waals surface area contributed by atoms with E-state index in [-0.39, 0.29) is 0 Å². The molecule has 0 atom stereocenters. The number of fused-ring (bicyclic) bond motifs is 1. The number of pyridine rings is 2. The summed E-state index contributed by atoms with van der Waals surface area (Å²) in [7, 11) is 0. The third kappa shape index (κ3) is 4.50. The summed E-state index contributed by atoms with van der Waals surface area (Å²) in [6, 6.07) is 24.2. The number of hydrogen-bond donors (Lipinski definition) is 1. The number of aromatic nitrogens is 2. The van der Waals surface area contributed by atoms with Gasteiger partial charge in [0.15, 0.2) is 0 Å². The summed E-state index contributed by atoms with van der Waals surface area (Å²) in [4.78, 5) is 9.09. The zero-order valence-corrected chi connectivity index (χ0v) is 16.5. The molecule has 0 unspecified atom stereocenters. The summed E-state index contributed by atoms with van der Waals surface area (Å²) in [6.07, 6.45) is 1.83. The second kappa shape index (κ2) is 10.1. The highest BCUT2D eigenvalue weighted by atomic mass is 14.9. The van der Waals surface area contributed by atoms with Gasteiger partial charge in [0.05, 0.1) is 11.2 Å². The first kappa shape index (κ1) is 20.1. The first-order valence-electron chi connectivity index (χ1n) is 9.49. The van der Waals surface area contributed by atoms with Crippen molar-refractivity contribution in [3.8, 4) is 22.4 Å². The summed E-state index contributed by atoms with van der Waals surface area (Å²) in [5.74, 6) is 0.501. The lowest BCUT2D eigenvalue weighted by atomic mass is 9.99. The van der Waals surface area contributed by atoms with Crippen LogP contribution in [0.25, 0.3) is 33.3 Å². The van der Waals surface area contributed by atoms with Crippen LogP contribution in [0.15, 0.2) is 79.0 Å². The maximum atomic E-state index is 6.07. The molecule has 2 aromatic heterocycles. The van der Waals surface area contributed by atoms with Gasteiger partial charge in [-0.15, -0.1) is 0 Å². The van der Waals surface area contributed by atoms with E-state index in [2.05, 4.69) is 22.1 Å². The number of benzene rings is 2. The Bertz CT molecular complexity index is 965. The predicted molar refractivity (Wildman–Crippen MR) is 118 cm³/mol. The van der Waals surface area contributed by atoms with E-state index >= 15 is 0 Å². The van der Waals surface area contributed by atoms with E-state index in [1.807, 2.05) is 94.6 Å². The standard InChI is InChI=1S/C20H15N3.2C2H6/c21-18-13-17(14-7-3-1-4-8-14)16-11-12-22-19(20(16)23-18)15-9-5-2-6-10-15;2*1-2/h1-13H,(H2,21,23);2*1-2H3. The zero-order chi connectivity index (χ0) is 19.6. The second-order valence-corrected chi connectivity index (χ2v) is 5.38. The van der Waals surface area contributed by atoms with Crippen LogP contribution >= 0.6 is 0 Å². The highest BCUT2D eigenvalue weighted by molar-refractivity contribution is 6.01. The SMILES string of the molecule is CC.CC.Nc1cc(-c2ccccc2)c2ccnc(-c3ccccc3)c2n1. The molecular weight excluding hydrogens is 330 g/mol. The Labute approximate surface area is 161 Å². The van der Waals surface area contributed by atoms with Gasteiger partial charge in [-0.25, -0.2) is 4.98 Å². The fourth-order valence-electron chi connectivity index (χ4n) is 2.84. The number of anilines is 1. The molecule has 2 aromatic carbocycles. The summed E-state index contributed by atoms with van der Waals surface area (Å²) < 4.78 is 0. The van der Waals surface area contributed by atoms with Crippen molar-refractivity contribution in [2.75, 3.05) is 5.73 Å². The maximum Gasteiger partial charge on any atom is 0.124 e. The summed E-state index contributed by atoms with van der Waals surface area (Å²) in [5, 5.41) is 1.05. The molecule has 138 valence electrons. The summed E-state index contributed by atoms with van der Waals surface area (Å²) >= 11 is 0. The van der Waals surface area contributed by atoms with Gasteiger partial charge in [0.2, 0.25) is 0 Å². The molecule has 0 radical (unpaired) electrons. The van der Waals surface area contributed by atoms with E-state index < -0.39 is 0 Å². The van der Waals surface area contributed by atoms with Crippen LogP contribution in [0, 0.1) is 0 Å². The Balaban J connectivity index is 0.000000614. The number of hydrogen-bond acceptors (Lipinski definition) is 3. The minimum Gasteiger partial charge on any atom is -0.384 e. The van der Waals surface area contributed by atoms with E-state index in [1.165, 1.54) is 0 Å². The van der Waals surface area contributed by atoms with E-state index in [0.29, 0.717) is 5.82 Å². The summed E-state index contributed by atoms with van der Waals surface area (Å²) in [5.41, 5.74) is 11.0. The molecule has 0 aliphatic heterocycles. The average molecular weight is 358 g/mol. The topological polar surface area (TPSA) is 51.8 Å². The smallest absolute Gasteiger partial charge is 0.124 e. The summed E-state index contributed by atoms with van der Waals surface area (Å²) in [6.45, 7) is 8.00. The molecule has 0 spiro atoms. The molecule has 2 N–H and O–H groups in total. The maximum absolute atomic E-state index is 6.07. The van der Waals surface area contributed by atoms with Crippen molar-refractivity contribution in [3.63, 3.8) is 0 Å². The average Bonchev–Trinajstić information content (AvgIpc) is 2.77. The Morgan fingerprint density at radius 1 is 0.704 bits per heavy atom. The van der Waals surface area contributed by atoms with Crippen molar-refractivity contribution in [1.82, 2.24) is 9.97 Å². The molecule has 2 heterocycles. The van der Waals surface area contributed by atoms with Gasteiger partial charge in [-0.05, 0) is 23.3 Å². The minimum absolute atomic E-state index is 0.501.